The van der Waals surface area contributed by atoms with E-state index in [-0.39, 0.29) is 46.2 Å². The van der Waals surface area contributed by atoms with Gasteiger partial charge in [0.05, 0.1) is 40.3 Å². The highest BCUT2D eigenvalue weighted by Gasteiger charge is 2.27. The molecule has 3 aromatic carbocycles. The lowest BCUT2D eigenvalue weighted by molar-refractivity contribution is -0.139. The van der Waals surface area contributed by atoms with E-state index in [0.717, 1.165) is 35.1 Å². The second-order valence-corrected chi connectivity index (χ2v) is 10.3. The quantitative estimate of drug-likeness (QED) is 0.250. The van der Waals surface area contributed by atoms with Crippen molar-refractivity contribution in [3.8, 4) is 0 Å². The SMILES string of the molecule is Cc1cccc(CC(=O)Nc2ccc(Cl)c(C(=O)NC(CNC(=O)NC3CCc4ccccc43)C(=O)O)c2Cl)c1. The zero-order chi connectivity index (χ0) is 28.8. The Morgan fingerprint density at radius 2 is 1.80 bits per heavy atom. The normalized spacial score (nSPS) is 14.5. The van der Waals surface area contributed by atoms with Gasteiger partial charge in [-0.15, -0.1) is 0 Å². The standard InChI is InChI=1S/C29H28Cl2N4O5/c1-16-5-4-6-17(13-16)14-24(36)33-22-12-10-20(30)25(26(22)31)27(37)34-23(28(38)39)15-32-29(40)35-21-11-9-18-7-2-3-8-19(18)21/h2-8,10,12-13,21,23H,9,11,14-15H2,1H3,(H,33,36)(H,34,37)(H,38,39)(H2,32,35,40). The van der Waals surface area contributed by atoms with Gasteiger partial charge in [-0.05, 0) is 48.6 Å². The van der Waals surface area contributed by atoms with Gasteiger partial charge < -0.3 is 26.4 Å². The van der Waals surface area contributed by atoms with Crippen LogP contribution in [0.3, 0.4) is 0 Å². The van der Waals surface area contributed by atoms with Crippen LogP contribution in [0, 0.1) is 6.92 Å². The number of carboxylic acid groups (broad SMARTS) is 1. The number of fused-ring (bicyclic) bond motifs is 1. The summed E-state index contributed by atoms with van der Waals surface area (Å²) in [5, 5.41) is 19.8. The van der Waals surface area contributed by atoms with Gasteiger partial charge >= 0.3 is 12.0 Å². The number of carboxylic acids is 1. The van der Waals surface area contributed by atoms with Gasteiger partial charge in [-0.2, -0.15) is 0 Å². The Labute approximate surface area is 241 Å². The van der Waals surface area contributed by atoms with Crippen molar-refractivity contribution in [2.75, 3.05) is 11.9 Å². The maximum absolute atomic E-state index is 13.0. The van der Waals surface area contributed by atoms with Crippen molar-refractivity contribution in [3.63, 3.8) is 0 Å². The molecule has 2 atom stereocenters. The van der Waals surface area contributed by atoms with Crippen LogP contribution in [0.2, 0.25) is 10.0 Å². The van der Waals surface area contributed by atoms with Crippen molar-refractivity contribution in [3.05, 3.63) is 98.5 Å². The van der Waals surface area contributed by atoms with Crippen LogP contribution in [0.5, 0.6) is 0 Å². The van der Waals surface area contributed by atoms with Gasteiger partial charge in [0, 0.05) is 0 Å². The molecular formula is C29H28Cl2N4O5. The summed E-state index contributed by atoms with van der Waals surface area (Å²) in [7, 11) is 0. The van der Waals surface area contributed by atoms with Crippen molar-refractivity contribution in [2.45, 2.75) is 38.3 Å². The Morgan fingerprint density at radius 1 is 1.02 bits per heavy atom. The molecule has 4 rings (SSSR count). The number of nitrogens with one attached hydrogen (secondary N) is 4. The van der Waals surface area contributed by atoms with E-state index >= 15 is 0 Å². The lowest BCUT2D eigenvalue weighted by Crippen LogP contribution is -2.50. The number of hydrogen-bond donors (Lipinski definition) is 5. The molecule has 0 saturated carbocycles. The molecule has 0 saturated heterocycles. The third-order valence-electron chi connectivity index (χ3n) is 6.55. The van der Waals surface area contributed by atoms with Gasteiger partial charge in [-0.3, -0.25) is 9.59 Å². The number of aryl methyl sites for hydroxylation is 2. The summed E-state index contributed by atoms with van der Waals surface area (Å²) in [4.78, 5) is 50.0. The second-order valence-electron chi connectivity index (χ2n) is 9.51. The van der Waals surface area contributed by atoms with Crippen molar-refractivity contribution in [2.24, 2.45) is 0 Å². The first-order chi connectivity index (χ1) is 19.1. The summed E-state index contributed by atoms with van der Waals surface area (Å²) in [5.41, 5.74) is 3.95. The molecule has 1 aliphatic carbocycles. The fourth-order valence-corrected chi connectivity index (χ4v) is 5.19. The number of carbonyl (C=O) groups is 4. The first-order valence-electron chi connectivity index (χ1n) is 12.6. The highest BCUT2D eigenvalue weighted by atomic mass is 35.5. The van der Waals surface area contributed by atoms with E-state index in [0.29, 0.717) is 0 Å². The largest absolute Gasteiger partial charge is 0.480 e. The Hall–Kier alpha value is -4.08. The van der Waals surface area contributed by atoms with Crippen LogP contribution in [0.25, 0.3) is 0 Å². The van der Waals surface area contributed by atoms with Crippen LogP contribution >= 0.6 is 23.2 Å². The zero-order valence-electron chi connectivity index (χ0n) is 21.6. The second kappa shape index (κ2) is 12.8. The fourth-order valence-electron chi connectivity index (χ4n) is 4.60. The molecule has 5 N–H and O–H groups in total. The van der Waals surface area contributed by atoms with Crippen LogP contribution in [-0.2, 0) is 22.4 Å². The predicted octanol–water partition coefficient (Wildman–Crippen LogP) is 4.65. The molecule has 1 aliphatic rings. The average molecular weight is 583 g/mol. The van der Waals surface area contributed by atoms with Crippen LogP contribution in [0.15, 0.2) is 60.7 Å². The van der Waals surface area contributed by atoms with Gasteiger partial charge in [0.25, 0.3) is 5.91 Å². The number of halogens is 2. The number of anilines is 1. The molecule has 0 fully saturated rings. The molecule has 3 aromatic rings. The number of amides is 4. The van der Waals surface area contributed by atoms with Crippen molar-refractivity contribution < 1.29 is 24.3 Å². The third-order valence-corrected chi connectivity index (χ3v) is 7.26. The molecule has 11 heteroatoms. The summed E-state index contributed by atoms with van der Waals surface area (Å²) in [6.45, 7) is 1.53. The van der Waals surface area contributed by atoms with Gasteiger partial charge in [-0.1, -0.05) is 77.3 Å². The Bertz CT molecular complexity index is 1460. The van der Waals surface area contributed by atoms with Gasteiger partial charge in [-0.25, -0.2) is 9.59 Å². The molecule has 0 bridgehead atoms. The Kier molecular flexibility index (Phi) is 9.29. The summed E-state index contributed by atoms with van der Waals surface area (Å²) in [6.07, 6.45) is 1.66. The highest BCUT2D eigenvalue weighted by molar-refractivity contribution is 6.41. The van der Waals surface area contributed by atoms with Crippen molar-refractivity contribution in [1.29, 1.82) is 0 Å². The molecule has 2 unspecified atom stereocenters. The van der Waals surface area contributed by atoms with Gasteiger partial charge in [0.15, 0.2) is 0 Å². The number of carbonyl (C=O) groups excluding carboxylic acids is 3. The van der Waals surface area contributed by atoms with Crippen LogP contribution in [0.4, 0.5) is 10.5 Å². The molecule has 208 valence electrons. The number of benzene rings is 3. The van der Waals surface area contributed by atoms with Crippen LogP contribution < -0.4 is 21.3 Å². The Balaban J connectivity index is 1.38. The number of hydrogen-bond acceptors (Lipinski definition) is 4. The number of aliphatic carboxylic acids is 1. The van der Waals surface area contributed by atoms with Crippen molar-refractivity contribution >= 4 is 52.7 Å². The molecule has 40 heavy (non-hydrogen) atoms. The summed E-state index contributed by atoms with van der Waals surface area (Å²) in [6, 6.07) is 15.9. The molecular weight excluding hydrogens is 555 g/mol. The van der Waals surface area contributed by atoms with E-state index in [1.165, 1.54) is 12.1 Å². The van der Waals surface area contributed by atoms with Crippen molar-refractivity contribution in [1.82, 2.24) is 16.0 Å². The fraction of sp³-hybridized carbons (Fsp3) is 0.241. The molecule has 4 amide bonds. The number of rotatable bonds is 9. The molecule has 0 heterocycles. The average Bonchev–Trinajstić information content (AvgIpc) is 3.30. The maximum Gasteiger partial charge on any atom is 0.328 e. The smallest absolute Gasteiger partial charge is 0.328 e. The van der Waals surface area contributed by atoms with Gasteiger partial charge in [0.1, 0.15) is 6.04 Å². The first kappa shape index (κ1) is 28.9. The van der Waals surface area contributed by atoms with E-state index in [4.69, 9.17) is 23.2 Å². The molecule has 0 aliphatic heterocycles. The van der Waals surface area contributed by atoms with Crippen LogP contribution in [-0.4, -0.2) is 41.5 Å². The molecule has 0 radical (unpaired) electrons. The van der Waals surface area contributed by atoms with E-state index in [2.05, 4.69) is 21.3 Å². The minimum Gasteiger partial charge on any atom is -0.480 e. The molecule has 0 aromatic heterocycles. The van der Waals surface area contributed by atoms with E-state index < -0.39 is 23.9 Å². The summed E-state index contributed by atoms with van der Waals surface area (Å²) >= 11 is 12.6. The number of urea groups is 1. The van der Waals surface area contributed by atoms with E-state index in [9.17, 15) is 24.3 Å². The first-order valence-corrected chi connectivity index (χ1v) is 13.4. The molecule has 9 nitrogen and oxygen atoms in total. The predicted molar refractivity (Wildman–Crippen MR) is 153 cm³/mol. The zero-order valence-corrected chi connectivity index (χ0v) is 23.1. The minimum absolute atomic E-state index is 0.0334. The monoisotopic (exact) mass is 582 g/mol. The summed E-state index contributed by atoms with van der Waals surface area (Å²) in [5.74, 6) is -2.59. The lowest BCUT2D eigenvalue weighted by Gasteiger charge is -2.19. The van der Waals surface area contributed by atoms with E-state index in [1.54, 1.807) is 0 Å². The minimum atomic E-state index is -1.47. The van der Waals surface area contributed by atoms with Gasteiger partial charge in [0.2, 0.25) is 5.91 Å². The maximum atomic E-state index is 13.0. The topological polar surface area (TPSA) is 137 Å². The van der Waals surface area contributed by atoms with E-state index in [1.807, 2.05) is 55.5 Å². The molecule has 0 spiro atoms. The summed E-state index contributed by atoms with van der Waals surface area (Å²) < 4.78 is 0. The Morgan fingerprint density at radius 3 is 2.55 bits per heavy atom. The lowest BCUT2D eigenvalue weighted by atomic mass is 10.1. The third kappa shape index (κ3) is 7.11. The van der Waals surface area contributed by atoms with Crippen LogP contribution in [0.1, 0.15) is 45.1 Å². The highest BCUT2D eigenvalue weighted by Crippen LogP contribution is 2.32.